The Morgan fingerprint density at radius 2 is 1.83 bits per heavy atom. The van der Waals surface area contributed by atoms with Crippen LogP contribution in [0.25, 0.3) is 22.3 Å². The second kappa shape index (κ2) is 13.1. The van der Waals surface area contributed by atoms with E-state index in [0.717, 1.165) is 33.6 Å². The van der Waals surface area contributed by atoms with Gasteiger partial charge in [-0.25, -0.2) is 4.98 Å². The lowest BCUT2D eigenvalue weighted by Gasteiger charge is -2.17. The van der Waals surface area contributed by atoms with E-state index < -0.39 is 0 Å². The minimum absolute atomic E-state index is 0.204. The highest BCUT2D eigenvalue weighted by Crippen LogP contribution is 2.35. The maximum Gasteiger partial charge on any atom is 0.282 e. The van der Waals surface area contributed by atoms with Crippen LogP contribution in [0.15, 0.2) is 83.7 Å². The third-order valence-electron chi connectivity index (χ3n) is 6.68. The Morgan fingerprint density at radius 3 is 2.51 bits per heavy atom. The zero-order valence-corrected chi connectivity index (χ0v) is 24.4. The first-order valence-corrected chi connectivity index (χ1v) is 13.7. The molecule has 0 bridgehead atoms. The number of rotatable bonds is 12. The van der Waals surface area contributed by atoms with Crippen LogP contribution in [0.2, 0.25) is 0 Å². The number of nitrogens with zero attached hydrogens (tertiary/aromatic N) is 3. The van der Waals surface area contributed by atoms with Gasteiger partial charge in [-0.15, -0.1) is 6.58 Å². The maximum absolute atomic E-state index is 13.8. The standard InChI is InChI=1S/C34H37N3O4/c1-8-13-25-18-24(19-31(40-10-3)32(25)41-16-9-2)21-35-37-33(36-29-15-12-11-14-26(29)34(37)38)28-20-27(22(4)5)30(39-7)17-23(28)6/h8-9,11-12,14-15,17-22H,1-2,10,13,16H2,3-7H3. The lowest BCUT2D eigenvalue weighted by Crippen LogP contribution is -2.21. The Hall–Kier alpha value is -4.65. The zero-order chi connectivity index (χ0) is 29.5. The number of aromatic nitrogens is 2. The second-order valence-electron chi connectivity index (χ2n) is 9.91. The SMILES string of the molecule is C=CCOc1c(CC=C)cc(C=Nn2c(-c3cc(C(C)C)c(OC)cc3C)nc3ccccc3c2=O)cc1OCC. The summed E-state index contributed by atoms with van der Waals surface area (Å²) in [6, 6.07) is 15.1. The molecule has 0 amide bonds. The van der Waals surface area contributed by atoms with Crippen molar-refractivity contribution in [2.24, 2.45) is 5.10 Å². The molecule has 0 spiro atoms. The third kappa shape index (κ3) is 6.24. The van der Waals surface area contributed by atoms with E-state index in [-0.39, 0.29) is 11.5 Å². The summed E-state index contributed by atoms with van der Waals surface area (Å²) >= 11 is 0. The topological polar surface area (TPSA) is 74.9 Å². The normalized spacial score (nSPS) is 11.3. The van der Waals surface area contributed by atoms with Crippen LogP contribution in [-0.2, 0) is 6.42 Å². The molecule has 4 aromatic rings. The fourth-order valence-electron chi connectivity index (χ4n) is 4.73. The van der Waals surface area contributed by atoms with Gasteiger partial charge in [0.05, 0.1) is 30.8 Å². The molecule has 41 heavy (non-hydrogen) atoms. The Bertz CT molecular complexity index is 1670. The molecule has 1 aromatic heterocycles. The molecule has 0 saturated carbocycles. The highest BCUT2D eigenvalue weighted by molar-refractivity contribution is 5.83. The van der Waals surface area contributed by atoms with Crippen molar-refractivity contribution in [2.45, 2.75) is 40.0 Å². The minimum Gasteiger partial charge on any atom is -0.496 e. The van der Waals surface area contributed by atoms with E-state index in [1.165, 1.54) is 4.68 Å². The van der Waals surface area contributed by atoms with Crippen molar-refractivity contribution in [1.29, 1.82) is 0 Å². The van der Waals surface area contributed by atoms with Gasteiger partial charge in [0.1, 0.15) is 12.4 Å². The number of para-hydroxylation sites is 1. The van der Waals surface area contributed by atoms with Crippen LogP contribution in [0.3, 0.4) is 0 Å². The van der Waals surface area contributed by atoms with Crippen molar-refractivity contribution < 1.29 is 14.2 Å². The average molecular weight is 552 g/mol. The first-order chi connectivity index (χ1) is 19.8. The summed E-state index contributed by atoms with van der Waals surface area (Å²) in [5.41, 5.74) is 4.75. The molecule has 0 aliphatic rings. The first-order valence-electron chi connectivity index (χ1n) is 13.7. The third-order valence-corrected chi connectivity index (χ3v) is 6.68. The number of fused-ring (bicyclic) bond motifs is 1. The van der Waals surface area contributed by atoms with Gasteiger partial charge in [-0.3, -0.25) is 4.79 Å². The largest absolute Gasteiger partial charge is 0.496 e. The molecule has 0 atom stereocenters. The van der Waals surface area contributed by atoms with Crippen LogP contribution in [-0.4, -0.2) is 36.2 Å². The van der Waals surface area contributed by atoms with Crippen molar-refractivity contribution in [3.63, 3.8) is 0 Å². The molecule has 4 rings (SSSR count). The van der Waals surface area contributed by atoms with E-state index in [2.05, 4.69) is 27.0 Å². The summed E-state index contributed by atoms with van der Waals surface area (Å²) in [5.74, 6) is 2.69. The van der Waals surface area contributed by atoms with Crippen molar-refractivity contribution in [3.05, 3.63) is 106 Å². The molecule has 7 nitrogen and oxygen atoms in total. The molecular formula is C34H37N3O4. The van der Waals surface area contributed by atoms with Crippen LogP contribution in [0.4, 0.5) is 0 Å². The monoisotopic (exact) mass is 551 g/mol. The molecule has 0 radical (unpaired) electrons. The lowest BCUT2D eigenvalue weighted by atomic mass is 9.96. The second-order valence-corrected chi connectivity index (χ2v) is 9.91. The summed E-state index contributed by atoms with van der Waals surface area (Å²) in [5, 5.41) is 5.19. The minimum atomic E-state index is -0.259. The molecule has 3 aromatic carbocycles. The number of benzene rings is 3. The maximum atomic E-state index is 13.8. The molecule has 0 aliphatic carbocycles. The molecule has 0 saturated heterocycles. The summed E-state index contributed by atoms with van der Waals surface area (Å²) in [4.78, 5) is 18.7. The van der Waals surface area contributed by atoms with E-state index in [0.29, 0.717) is 47.9 Å². The van der Waals surface area contributed by atoms with E-state index in [1.54, 1.807) is 31.5 Å². The van der Waals surface area contributed by atoms with E-state index in [9.17, 15) is 4.79 Å². The molecule has 0 N–H and O–H groups in total. The average Bonchev–Trinajstić information content (AvgIpc) is 2.96. The molecule has 7 heteroatoms. The first kappa shape index (κ1) is 29.3. The molecule has 0 unspecified atom stereocenters. The van der Waals surface area contributed by atoms with Gasteiger partial charge in [-0.05, 0) is 79.3 Å². The number of hydrogen-bond acceptors (Lipinski definition) is 6. The van der Waals surface area contributed by atoms with Crippen molar-refractivity contribution in [3.8, 4) is 28.6 Å². The van der Waals surface area contributed by atoms with Crippen LogP contribution in [0.1, 0.15) is 48.9 Å². The summed E-state index contributed by atoms with van der Waals surface area (Å²) in [6.07, 6.45) is 5.71. The molecule has 212 valence electrons. The Morgan fingerprint density at radius 1 is 1.05 bits per heavy atom. The summed E-state index contributed by atoms with van der Waals surface area (Å²) in [7, 11) is 1.67. The summed E-state index contributed by atoms with van der Waals surface area (Å²) in [6.45, 7) is 16.6. The Balaban J connectivity index is 1.94. The van der Waals surface area contributed by atoms with Crippen LogP contribution in [0.5, 0.6) is 17.2 Å². The quantitative estimate of drug-likeness (QED) is 0.139. The number of ether oxygens (including phenoxy) is 3. The van der Waals surface area contributed by atoms with Crippen molar-refractivity contribution in [2.75, 3.05) is 20.3 Å². The Kier molecular flexibility index (Phi) is 9.40. The van der Waals surface area contributed by atoms with Crippen LogP contribution >= 0.6 is 0 Å². The van der Waals surface area contributed by atoms with Crippen molar-refractivity contribution >= 4 is 17.1 Å². The van der Waals surface area contributed by atoms with Crippen LogP contribution < -0.4 is 19.8 Å². The lowest BCUT2D eigenvalue weighted by molar-refractivity contribution is 0.295. The summed E-state index contributed by atoms with van der Waals surface area (Å²) < 4.78 is 18.9. The predicted octanol–water partition coefficient (Wildman–Crippen LogP) is 7.08. The zero-order valence-electron chi connectivity index (χ0n) is 24.4. The van der Waals surface area contributed by atoms with Gasteiger partial charge in [0.25, 0.3) is 5.56 Å². The molecule has 0 aliphatic heterocycles. The van der Waals surface area contributed by atoms with Gasteiger partial charge in [-0.1, -0.05) is 44.7 Å². The van der Waals surface area contributed by atoms with E-state index in [1.807, 2.05) is 56.3 Å². The van der Waals surface area contributed by atoms with Gasteiger partial charge < -0.3 is 14.2 Å². The van der Waals surface area contributed by atoms with E-state index >= 15 is 0 Å². The van der Waals surface area contributed by atoms with Crippen molar-refractivity contribution in [1.82, 2.24) is 9.66 Å². The molecule has 0 fully saturated rings. The highest BCUT2D eigenvalue weighted by Gasteiger charge is 2.19. The Labute approximate surface area is 241 Å². The van der Waals surface area contributed by atoms with Gasteiger partial charge >= 0.3 is 0 Å². The number of methoxy groups -OCH3 is 1. The number of aryl methyl sites for hydroxylation is 1. The van der Waals surface area contributed by atoms with Crippen LogP contribution in [0, 0.1) is 6.92 Å². The fraction of sp³-hybridized carbons (Fsp3) is 0.265. The number of hydrogen-bond donors (Lipinski definition) is 0. The fourth-order valence-corrected chi connectivity index (χ4v) is 4.73. The van der Waals surface area contributed by atoms with Gasteiger partial charge in [0.2, 0.25) is 0 Å². The van der Waals surface area contributed by atoms with E-state index in [4.69, 9.17) is 24.3 Å². The molecular weight excluding hydrogens is 514 g/mol. The van der Waals surface area contributed by atoms with Gasteiger partial charge in [0, 0.05) is 11.1 Å². The highest BCUT2D eigenvalue weighted by atomic mass is 16.5. The predicted molar refractivity (Wildman–Crippen MR) is 167 cm³/mol. The van der Waals surface area contributed by atoms with Gasteiger partial charge in [-0.2, -0.15) is 9.78 Å². The molecule has 1 heterocycles. The van der Waals surface area contributed by atoms with Gasteiger partial charge in [0.15, 0.2) is 17.3 Å². The number of allylic oxidation sites excluding steroid dienone is 1. The smallest absolute Gasteiger partial charge is 0.282 e.